The molecule has 3 aromatic rings. The lowest BCUT2D eigenvalue weighted by Crippen LogP contribution is -2.30. The molecule has 0 aliphatic carbocycles. The molecule has 7 heteroatoms. The first-order chi connectivity index (χ1) is 12.6. The molecule has 0 unspecified atom stereocenters. The molecule has 0 spiro atoms. The quantitative estimate of drug-likeness (QED) is 0.565. The molecule has 0 saturated carbocycles. The smallest absolute Gasteiger partial charge is 0.349 e. The molecule has 0 amide bonds. The first-order valence-electron chi connectivity index (χ1n) is 7.95. The van der Waals surface area contributed by atoms with Gasteiger partial charge < -0.3 is 9.84 Å². The maximum Gasteiger partial charge on any atom is 0.349 e. The number of aromatic hydroxyl groups is 1. The van der Waals surface area contributed by atoms with Crippen LogP contribution in [-0.2, 0) is 4.74 Å². The van der Waals surface area contributed by atoms with Crippen LogP contribution in [0.3, 0.4) is 0 Å². The van der Waals surface area contributed by atoms with Crippen LogP contribution in [0.4, 0.5) is 0 Å². The minimum Gasteiger partial charge on any atom is -0.493 e. The van der Waals surface area contributed by atoms with Gasteiger partial charge in [-0.15, -0.1) is 0 Å². The van der Waals surface area contributed by atoms with Gasteiger partial charge >= 0.3 is 5.97 Å². The molecule has 0 fully saturated rings. The number of para-hydroxylation sites is 2. The average molecular weight is 368 g/mol. The van der Waals surface area contributed by atoms with Gasteiger partial charge in [0.2, 0.25) is 5.88 Å². The third-order valence-corrected chi connectivity index (χ3v) is 4.11. The normalized spacial score (nSPS) is 10.5. The van der Waals surface area contributed by atoms with E-state index < -0.39 is 23.0 Å². The van der Waals surface area contributed by atoms with Crippen molar-refractivity contribution >= 4 is 18.2 Å². The summed E-state index contributed by atoms with van der Waals surface area (Å²) in [6, 6.07) is 17.4. The van der Waals surface area contributed by atoms with Crippen LogP contribution in [0.1, 0.15) is 17.3 Å². The summed E-state index contributed by atoms with van der Waals surface area (Å²) in [5.41, 5.74) is -0.194. The molecule has 0 saturated heterocycles. The van der Waals surface area contributed by atoms with Crippen LogP contribution in [-0.4, -0.2) is 26.8 Å². The molecule has 3 rings (SSSR count). The Morgan fingerprint density at radius 1 is 1.00 bits per heavy atom. The van der Waals surface area contributed by atoms with E-state index >= 15 is 0 Å². The second-order valence-corrected chi connectivity index (χ2v) is 5.71. The van der Waals surface area contributed by atoms with Gasteiger partial charge in [0.25, 0.3) is 5.56 Å². The van der Waals surface area contributed by atoms with Crippen molar-refractivity contribution in [1.82, 2.24) is 9.13 Å². The van der Waals surface area contributed by atoms with Gasteiger partial charge in [-0.2, -0.15) is 0 Å². The second-order valence-electron chi connectivity index (χ2n) is 5.35. The van der Waals surface area contributed by atoms with Crippen LogP contribution in [0.5, 0.6) is 5.88 Å². The van der Waals surface area contributed by atoms with Gasteiger partial charge in [0.15, 0.2) is 10.3 Å². The predicted octanol–water partition coefficient (Wildman–Crippen LogP) is 3.24. The zero-order valence-electron chi connectivity index (χ0n) is 14.0. The Morgan fingerprint density at radius 2 is 1.50 bits per heavy atom. The van der Waals surface area contributed by atoms with E-state index in [4.69, 9.17) is 17.0 Å². The number of ether oxygens (including phenoxy) is 1. The summed E-state index contributed by atoms with van der Waals surface area (Å²) < 4.78 is 7.47. The fourth-order valence-electron chi connectivity index (χ4n) is 2.59. The average Bonchev–Trinajstić information content (AvgIpc) is 2.63. The minimum absolute atomic E-state index is 0.0398. The summed E-state index contributed by atoms with van der Waals surface area (Å²) in [5.74, 6) is -1.45. The molecule has 0 atom stereocenters. The van der Waals surface area contributed by atoms with Crippen LogP contribution in [0, 0.1) is 4.77 Å². The predicted molar refractivity (Wildman–Crippen MR) is 99.8 cm³/mol. The molecule has 26 heavy (non-hydrogen) atoms. The third kappa shape index (κ3) is 3.04. The second kappa shape index (κ2) is 7.37. The number of esters is 1. The summed E-state index contributed by atoms with van der Waals surface area (Å²) in [4.78, 5) is 25.3. The van der Waals surface area contributed by atoms with Gasteiger partial charge in [0.1, 0.15) is 0 Å². The highest BCUT2D eigenvalue weighted by Crippen LogP contribution is 2.22. The van der Waals surface area contributed by atoms with E-state index in [0.29, 0.717) is 11.4 Å². The molecule has 6 nitrogen and oxygen atoms in total. The largest absolute Gasteiger partial charge is 0.493 e. The molecular formula is C19H16N2O4S. The summed E-state index contributed by atoms with van der Waals surface area (Å²) in [6.07, 6.45) is 0. The van der Waals surface area contributed by atoms with E-state index in [1.165, 1.54) is 9.13 Å². The fraction of sp³-hybridized carbons (Fsp3) is 0.105. The number of carbonyl (C=O) groups excluding carboxylic acids is 1. The molecule has 0 bridgehead atoms. The Labute approximate surface area is 154 Å². The molecule has 0 radical (unpaired) electrons. The Bertz CT molecular complexity index is 1060. The summed E-state index contributed by atoms with van der Waals surface area (Å²) >= 11 is 5.46. The monoisotopic (exact) mass is 368 g/mol. The lowest BCUT2D eigenvalue weighted by Gasteiger charge is -2.17. The van der Waals surface area contributed by atoms with Gasteiger partial charge in [-0.3, -0.25) is 13.9 Å². The Morgan fingerprint density at radius 3 is 2.00 bits per heavy atom. The molecule has 0 aliphatic heterocycles. The number of benzene rings is 2. The molecule has 1 heterocycles. The highest BCUT2D eigenvalue weighted by atomic mass is 32.1. The standard InChI is InChI=1S/C19H16N2O4S/c1-2-25-18(24)15-16(22)20(13-9-5-3-6-10-13)19(26)21(17(15)23)14-11-7-4-8-12-14/h3-12,22H,2H2,1H3. The first kappa shape index (κ1) is 17.6. The van der Waals surface area contributed by atoms with Crippen molar-refractivity contribution in [2.75, 3.05) is 6.61 Å². The van der Waals surface area contributed by atoms with Crippen molar-refractivity contribution in [3.63, 3.8) is 0 Å². The van der Waals surface area contributed by atoms with E-state index in [9.17, 15) is 14.7 Å². The molecule has 0 aliphatic rings. The summed E-state index contributed by atoms with van der Waals surface area (Å²) in [6.45, 7) is 1.70. The van der Waals surface area contributed by atoms with Crippen molar-refractivity contribution in [2.45, 2.75) is 6.92 Å². The first-order valence-corrected chi connectivity index (χ1v) is 8.36. The maximum absolute atomic E-state index is 12.9. The van der Waals surface area contributed by atoms with Gasteiger partial charge in [-0.05, 0) is 43.4 Å². The van der Waals surface area contributed by atoms with Gasteiger partial charge in [-0.1, -0.05) is 36.4 Å². The molecule has 1 N–H and O–H groups in total. The molecular weight excluding hydrogens is 352 g/mol. The van der Waals surface area contributed by atoms with Gasteiger partial charge in [-0.25, -0.2) is 4.79 Å². The van der Waals surface area contributed by atoms with Crippen LogP contribution < -0.4 is 5.56 Å². The summed E-state index contributed by atoms with van der Waals surface area (Å²) in [7, 11) is 0. The number of rotatable bonds is 4. The van der Waals surface area contributed by atoms with E-state index in [0.717, 1.165) is 0 Å². The van der Waals surface area contributed by atoms with E-state index in [-0.39, 0.29) is 11.4 Å². The number of carbonyl (C=O) groups is 1. The van der Waals surface area contributed by atoms with Gasteiger partial charge in [0.05, 0.1) is 18.0 Å². The molecule has 2 aromatic carbocycles. The fourth-order valence-corrected chi connectivity index (χ4v) is 2.97. The SMILES string of the molecule is CCOC(=O)c1c(O)n(-c2ccccc2)c(=S)n(-c2ccccc2)c1=O. The topological polar surface area (TPSA) is 73.5 Å². The maximum atomic E-state index is 12.9. The third-order valence-electron chi connectivity index (χ3n) is 3.74. The van der Waals surface area contributed by atoms with Gasteiger partial charge in [0, 0.05) is 0 Å². The Hall–Kier alpha value is -3.19. The van der Waals surface area contributed by atoms with Crippen molar-refractivity contribution in [1.29, 1.82) is 0 Å². The van der Waals surface area contributed by atoms with Crippen LogP contribution >= 0.6 is 12.2 Å². The highest BCUT2D eigenvalue weighted by Gasteiger charge is 2.25. The van der Waals surface area contributed by atoms with Crippen LogP contribution in [0.25, 0.3) is 11.4 Å². The van der Waals surface area contributed by atoms with Crippen molar-refractivity contribution in [2.24, 2.45) is 0 Å². The zero-order chi connectivity index (χ0) is 18.7. The number of nitrogens with zero attached hydrogens (tertiary/aromatic N) is 2. The zero-order valence-corrected chi connectivity index (χ0v) is 14.8. The highest BCUT2D eigenvalue weighted by molar-refractivity contribution is 7.71. The number of hydrogen-bond donors (Lipinski definition) is 1. The molecule has 132 valence electrons. The summed E-state index contributed by atoms with van der Waals surface area (Å²) in [5, 5.41) is 10.7. The Kier molecular flexibility index (Phi) is 4.99. The van der Waals surface area contributed by atoms with E-state index in [2.05, 4.69) is 0 Å². The van der Waals surface area contributed by atoms with Crippen molar-refractivity contribution in [3.8, 4) is 17.3 Å². The van der Waals surface area contributed by atoms with Crippen LogP contribution in [0.2, 0.25) is 0 Å². The van der Waals surface area contributed by atoms with Crippen molar-refractivity contribution < 1.29 is 14.6 Å². The van der Waals surface area contributed by atoms with E-state index in [1.54, 1.807) is 61.5 Å². The lowest BCUT2D eigenvalue weighted by atomic mass is 10.2. The number of aromatic nitrogens is 2. The van der Waals surface area contributed by atoms with E-state index in [1.807, 2.05) is 6.07 Å². The minimum atomic E-state index is -0.903. The van der Waals surface area contributed by atoms with Crippen LogP contribution in [0.15, 0.2) is 65.5 Å². The van der Waals surface area contributed by atoms with Crippen molar-refractivity contribution in [3.05, 3.63) is 81.4 Å². The molecule has 1 aromatic heterocycles. The Balaban J connectivity index is 2.43. The number of hydrogen-bond acceptors (Lipinski definition) is 5. The lowest BCUT2D eigenvalue weighted by molar-refractivity contribution is 0.0518.